The summed E-state index contributed by atoms with van der Waals surface area (Å²) in [5, 5.41) is 4.90. The first kappa shape index (κ1) is 38.4. The van der Waals surface area contributed by atoms with Crippen molar-refractivity contribution >= 4 is 66.7 Å². The zero-order chi connectivity index (χ0) is 44.8. The van der Waals surface area contributed by atoms with Crippen LogP contribution >= 0.6 is 0 Å². The summed E-state index contributed by atoms with van der Waals surface area (Å²) in [6, 6.07) is 96.1. The smallest absolute Gasteiger partial charge is 0.0725 e. The van der Waals surface area contributed by atoms with E-state index in [1.54, 1.807) is 0 Å². The normalized spacial score (nSPS) is 14.2. The predicted molar refractivity (Wildman–Crippen MR) is 284 cm³/mol. The third kappa shape index (κ3) is 5.60. The molecule has 2 aliphatic rings. The molecular formula is C65H43N3. The molecule has 0 radical (unpaired) electrons. The topological polar surface area (TPSA) is 11.4 Å². The Morgan fingerprint density at radius 3 is 1.35 bits per heavy atom. The average molecular weight is 866 g/mol. The van der Waals surface area contributed by atoms with Gasteiger partial charge in [-0.25, -0.2) is 0 Å². The van der Waals surface area contributed by atoms with Gasteiger partial charge >= 0.3 is 0 Å². The van der Waals surface area contributed by atoms with Crippen molar-refractivity contribution in [1.29, 1.82) is 0 Å². The van der Waals surface area contributed by atoms with Crippen molar-refractivity contribution in [3.63, 3.8) is 0 Å². The van der Waals surface area contributed by atoms with Crippen LogP contribution in [0.15, 0.2) is 261 Å². The van der Waals surface area contributed by atoms with Crippen molar-refractivity contribution in [3.05, 3.63) is 283 Å². The van der Waals surface area contributed by atoms with Gasteiger partial charge in [-0.2, -0.15) is 0 Å². The van der Waals surface area contributed by atoms with E-state index in [1.165, 1.54) is 77.1 Å². The third-order valence-corrected chi connectivity index (χ3v) is 14.5. The van der Waals surface area contributed by atoms with Gasteiger partial charge in [0, 0.05) is 50.6 Å². The number of anilines is 6. The Hall–Kier alpha value is -8.92. The zero-order valence-electron chi connectivity index (χ0n) is 37.2. The second kappa shape index (κ2) is 15.1. The van der Waals surface area contributed by atoms with Crippen molar-refractivity contribution in [1.82, 2.24) is 4.57 Å². The molecule has 3 nitrogen and oxygen atoms in total. The largest absolute Gasteiger partial charge is 0.310 e. The second-order valence-corrected chi connectivity index (χ2v) is 18.1. The predicted octanol–water partition coefficient (Wildman–Crippen LogP) is 17.2. The highest BCUT2D eigenvalue weighted by molar-refractivity contribution is 6.10. The van der Waals surface area contributed by atoms with E-state index in [0.717, 1.165) is 39.8 Å². The minimum absolute atomic E-state index is 0.497. The molecule has 14 rings (SSSR count). The number of rotatable bonds is 7. The fraction of sp³-hybridized carbons (Fsp3) is 0.0154. The van der Waals surface area contributed by atoms with Gasteiger partial charge in [0.15, 0.2) is 0 Å². The van der Waals surface area contributed by atoms with Crippen LogP contribution in [0.25, 0.3) is 60.5 Å². The van der Waals surface area contributed by atoms with Crippen molar-refractivity contribution in [2.75, 3.05) is 9.80 Å². The number of hydrogen-bond acceptors (Lipinski definition) is 2. The lowest BCUT2D eigenvalue weighted by Gasteiger charge is -2.32. The molecular weight excluding hydrogens is 823 g/mol. The Labute approximate surface area is 395 Å². The number of aromatic nitrogens is 1. The van der Waals surface area contributed by atoms with Crippen molar-refractivity contribution in [2.24, 2.45) is 0 Å². The molecule has 0 bridgehead atoms. The summed E-state index contributed by atoms with van der Waals surface area (Å²) in [6.45, 7) is 0. The number of nitrogens with zero attached hydrogens (tertiary/aromatic N) is 3. The highest BCUT2D eigenvalue weighted by atomic mass is 15.1. The summed E-state index contributed by atoms with van der Waals surface area (Å²) in [4.78, 5) is 4.83. The highest BCUT2D eigenvalue weighted by Gasteiger charge is 2.51. The second-order valence-electron chi connectivity index (χ2n) is 18.1. The van der Waals surface area contributed by atoms with Crippen LogP contribution in [-0.4, -0.2) is 4.57 Å². The molecule has 1 atom stereocenters. The summed E-state index contributed by atoms with van der Waals surface area (Å²) in [7, 11) is 0. The number of hydrogen-bond donors (Lipinski definition) is 0. The van der Waals surface area contributed by atoms with Crippen molar-refractivity contribution in [2.45, 2.75) is 5.41 Å². The van der Waals surface area contributed by atoms with E-state index >= 15 is 0 Å². The summed E-state index contributed by atoms with van der Waals surface area (Å²) < 4.78 is 2.41. The maximum absolute atomic E-state index is 2.46. The lowest BCUT2D eigenvalue weighted by atomic mass is 9.70. The molecule has 1 unspecified atom stereocenters. The van der Waals surface area contributed by atoms with E-state index in [0.29, 0.717) is 0 Å². The van der Waals surface area contributed by atoms with E-state index in [2.05, 4.69) is 275 Å². The third-order valence-electron chi connectivity index (χ3n) is 14.5. The van der Waals surface area contributed by atoms with Crippen LogP contribution in [0, 0.1) is 0 Å². The summed E-state index contributed by atoms with van der Waals surface area (Å²) >= 11 is 0. The monoisotopic (exact) mass is 865 g/mol. The number of fused-ring (bicyclic) bond motifs is 14. The molecule has 1 spiro atoms. The van der Waals surface area contributed by atoms with Crippen molar-refractivity contribution in [3.8, 4) is 27.9 Å². The molecule has 1 aromatic heterocycles. The first-order valence-electron chi connectivity index (χ1n) is 23.5. The van der Waals surface area contributed by atoms with E-state index in [9.17, 15) is 0 Å². The molecule has 0 amide bonds. The van der Waals surface area contributed by atoms with E-state index < -0.39 is 5.41 Å². The number of para-hydroxylation sites is 4. The van der Waals surface area contributed by atoms with E-state index in [-0.39, 0.29) is 0 Å². The maximum atomic E-state index is 2.46. The minimum atomic E-state index is -0.497. The first-order valence-corrected chi connectivity index (χ1v) is 23.5. The molecule has 68 heavy (non-hydrogen) atoms. The van der Waals surface area contributed by atoms with Crippen LogP contribution in [0.1, 0.15) is 22.3 Å². The molecule has 11 aromatic carbocycles. The standard InChI is InChI=1S/C65H43N3/c1-4-20-46(21-5-1)66(47-22-6-2-7-23-47)50-35-38-61-57(41-50)53-26-12-15-29-59(53)65(61)60-30-16-13-27-54(60)58-42-51(36-39-62(58)65)67(49-33-32-44-18-10-11-19-45(44)40-49)52-34-37-56-55-28-14-17-31-63(55)68(64(56)43-52)48-24-8-3-9-25-48/h1-43H. The Morgan fingerprint density at radius 1 is 0.265 bits per heavy atom. The zero-order valence-corrected chi connectivity index (χ0v) is 37.2. The molecule has 318 valence electrons. The number of benzene rings is 11. The quantitative estimate of drug-likeness (QED) is 0.158. The van der Waals surface area contributed by atoms with Gasteiger partial charge in [-0.1, -0.05) is 170 Å². The van der Waals surface area contributed by atoms with Crippen LogP contribution in [-0.2, 0) is 5.41 Å². The van der Waals surface area contributed by atoms with Gasteiger partial charge in [-0.3, -0.25) is 0 Å². The Morgan fingerprint density at radius 2 is 0.706 bits per heavy atom. The van der Waals surface area contributed by atoms with E-state index in [1.807, 2.05) is 0 Å². The average Bonchev–Trinajstić information content (AvgIpc) is 4.01. The van der Waals surface area contributed by atoms with Crippen LogP contribution in [0.5, 0.6) is 0 Å². The first-order chi connectivity index (χ1) is 33.7. The Bertz CT molecular complexity index is 3890. The minimum Gasteiger partial charge on any atom is -0.310 e. The van der Waals surface area contributed by atoms with Gasteiger partial charge in [0.2, 0.25) is 0 Å². The Kier molecular flexibility index (Phi) is 8.50. The lowest BCUT2D eigenvalue weighted by Crippen LogP contribution is -2.26. The van der Waals surface area contributed by atoms with Crippen molar-refractivity contribution < 1.29 is 0 Å². The van der Waals surface area contributed by atoms with Crippen LogP contribution < -0.4 is 9.80 Å². The van der Waals surface area contributed by atoms with Gasteiger partial charge < -0.3 is 14.4 Å². The molecule has 0 fully saturated rings. The van der Waals surface area contributed by atoms with Crippen LogP contribution in [0.4, 0.5) is 34.1 Å². The molecule has 12 aromatic rings. The summed E-state index contributed by atoms with van der Waals surface area (Å²) in [5.74, 6) is 0. The molecule has 0 saturated heterocycles. The molecule has 0 N–H and O–H groups in total. The molecule has 0 saturated carbocycles. The van der Waals surface area contributed by atoms with Gasteiger partial charge in [0.1, 0.15) is 0 Å². The van der Waals surface area contributed by atoms with Gasteiger partial charge in [0.25, 0.3) is 0 Å². The maximum Gasteiger partial charge on any atom is 0.0725 e. The SMILES string of the molecule is c1ccc(N(c2ccccc2)c2ccc3c(c2)-c2ccccc2C32c3ccccc3-c3cc(N(c4ccc5ccccc5c4)c4ccc5c6ccccc6n(-c6ccccc6)c5c4)ccc32)cc1. The van der Waals surface area contributed by atoms with E-state index in [4.69, 9.17) is 0 Å². The van der Waals surface area contributed by atoms with Crippen LogP contribution in [0.3, 0.4) is 0 Å². The molecule has 0 aliphatic heterocycles. The summed E-state index contributed by atoms with van der Waals surface area (Å²) in [5.41, 5.74) is 20.0. The van der Waals surface area contributed by atoms with Gasteiger partial charge in [-0.05, 0) is 146 Å². The van der Waals surface area contributed by atoms with Gasteiger partial charge in [-0.15, -0.1) is 0 Å². The fourth-order valence-corrected chi connectivity index (χ4v) is 11.7. The summed E-state index contributed by atoms with van der Waals surface area (Å²) in [6.07, 6.45) is 0. The molecule has 3 heteroatoms. The Balaban J connectivity index is 0.985. The van der Waals surface area contributed by atoms with Gasteiger partial charge in [0.05, 0.1) is 16.4 Å². The molecule has 2 aliphatic carbocycles. The lowest BCUT2D eigenvalue weighted by molar-refractivity contribution is 0.793. The molecule has 1 heterocycles. The highest BCUT2D eigenvalue weighted by Crippen LogP contribution is 2.64. The van der Waals surface area contributed by atoms with Crippen LogP contribution in [0.2, 0.25) is 0 Å². The fourth-order valence-electron chi connectivity index (χ4n) is 11.7.